The van der Waals surface area contributed by atoms with Crippen LogP contribution in [0.1, 0.15) is 86.6 Å². The lowest BCUT2D eigenvalue weighted by Gasteiger charge is -2.42. The van der Waals surface area contributed by atoms with Crippen LogP contribution < -0.4 is 4.74 Å². The predicted molar refractivity (Wildman–Crippen MR) is 145 cm³/mol. The van der Waals surface area contributed by atoms with Crippen LogP contribution in [0.25, 0.3) is 0 Å². The first-order valence-corrected chi connectivity index (χ1v) is 13.5. The molecule has 1 N–H and O–H groups in total. The van der Waals surface area contributed by atoms with Gasteiger partial charge in [0, 0.05) is 25.0 Å². The highest BCUT2D eigenvalue weighted by Gasteiger charge is 2.30. The van der Waals surface area contributed by atoms with Crippen molar-refractivity contribution in [2.24, 2.45) is 0 Å². The molecule has 1 atom stereocenters. The molecule has 4 rings (SSSR count). The van der Waals surface area contributed by atoms with Gasteiger partial charge in [-0.25, -0.2) is 4.39 Å². The highest BCUT2D eigenvalue weighted by atomic mass is 35.5. The van der Waals surface area contributed by atoms with Gasteiger partial charge in [-0.05, 0) is 55.9 Å². The third-order valence-electron chi connectivity index (χ3n) is 7.67. The summed E-state index contributed by atoms with van der Waals surface area (Å²) in [5.41, 5.74) is 1.32. The molecule has 198 valence electrons. The highest BCUT2D eigenvalue weighted by Crippen LogP contribution is 2.30. The minimum atomic E-state index is -0.656. The van der Waals surface area contributed by atoms with Crippen molar-refractivity contribution in [1.82, 2.24) is 4.90 Å². The minimum absolute atomic E-state index is 0. The molecule has 0 aliphatic heterocycles. The maximum absolute atomic E-state index is 14.0. The second-order valence-corrected chi connectivity index (χ2v) is 10.3. The summed E-state index contributed by atoms with van der Waals surface area (Å²) in [4.78, 5) is 15.5. The summed E-state index contributed by atoms with van der Waals surface area (Å²) in [6.07, 6.45) is 12.8. The van der Waals surface area contributed by atoms with E-state index in [1.54, 1.807) is 0 Å². The average molecular weight is 518 g/mol. The Bertz CT molecular complexity index is 911. The molecule has 4 nitrogen and oxygen atoms in total. The number of Topliss-reactive ketones (excluding diaryl/α,β-unsaturated/α-hetero) is 1. The monoisotopic (exact) mass is 517 g/mol. The van der Waals surface area contributed by atoms with Crippen molar-refractivity contribution in [2.75, 3.05) is 13.2 Å². The van der Waals surface area contributed by atoms with Crippen molar-refractivity contribution >= 4 is 18.2 Å². The molecule has 0 saturated heterocycles. The van der Waals surface area contributed by atoms with Gasteiger partial charge in [-0.1, -0.05) is 68.9 Å². The van der Waals surface area contributed by atoms with Gasteiger partial charge >= 0.3 is 0 Å². The van der Waals surface area contributed by atoms with E-state index in [1.807, 2.05) is 30.3 Å². The van der Waals surface area contributed by atoms with Gasteiger partial charge in [-0.15, -0.1) is 12.4 Å². The van der Waals surface area contributed by atoms with E-state index in [-0.39, 0.29) is 36.8 Å². The first-order valence-electron chi connectivity index (χ1n) is 13.5. The van der Waals surface area contributed by atoms with E-state index in [9.17, 15) is 14.3 Å². The molecule has 2 aromatic carbocycles. The van der Waals surface area contributed by atoms with Crippen LogP contribution in [0.5, 0.6) is 5.75 Å². The van der Waals surface area contributed by atoms with E-state index in [1.165, 1.54) is 82.4 Å². The van der Waals surface area contributed by atoms with E-state index in [2.05, 4.69) is 4.90 Å². The van der Waals surface area contributed by atoms with Crippen LogP contribution in [0.3, 0.4) is 0 Å². The maximum atomic E-state index is 14.0. The molecule has 6 heteroatoms. The van der Waals surface area contributed by atoms with Crippen LogP contribution in [0.4, 0.5) is 4.39 Å². The Hall–Kier alpha value is -1.95. The second-order valence-electron chi connectivity index (χ2n) is 10.3. The van der Waals surface area contributed by atoms with Crippen molar-refractivity contribution in [2.45, 2.75) is 95.2 Å². The van der Waals surface area contributed by atoms with E-state index in [4.69, 9.17) is 4.74 Å². The first kappa shape index (κ1) is 28.6. The number of aliphatic hydroxyl groups excluding tert-OH is 1. The molecule has 0 aromatic heterocycles. The van der Waals surface area contributed by atoms with Gasteiger partial charge in [-0.2, -0.15) is 0 Å². The number of aryl methyl sites for hydroxylation is 1. The van der Waals surface area contributed by atoms with E-state index in [0.29, 0.717) is 30.8 Å². The van der Waals surface area contributed by atoms with Crippen molar-refractivity contribution < 1.29 is 19.0 Å². The lowest BCUT2D eigenvalue weighted by atomic mass is 9.88. The van der Waals surface area contributed by atoms with Gasteiger partial charge in [0.15, 0.2) is 5.78 Å². The Morgan fingerprint density at radius 2 is 1.56 bits per heavy atom. The molecule has 1 unspecified atom stereocenters. The fourth-order valence-electron chi connectivity index (χ4n) is 5.79. The highest BCUT2D eigenvalue weighted by molar-refractivity contribution is 5.98. The van der Waals surface area contributed by atoms with E-state index in [0.717, 1.165) is 5.56 Å². The number of ketones is 1. The summed E-state index contributed by atoms with van der Waals surface area (Å²) in [6.45, 7) is 0.689. The number of benzene rings is 2. The number of hydrogen-bond donors (Lipinski definition) is 1. The van der Waals surface area contributed by atoms with Gasteiger partial charge in [0.2, 0.25) is 0 Å². The number of ether oxygens (including phenoxy) is 1. The van der Waals surface area contributed by atoms with Crippen molar-refractivity contribution in [3.8, 4) is 5.75 Å². The normalized spacial score (nSPS) is 18.0. The molecular weight excluding hydrogens is 477 g/mol. The number of carbonyl (C=O) groups excluding carboxylic acids is 1. The SMILES string of the molecule is Cl.O=C(CCc1ccccc1)c1cc(F)ccc1OCC(O)CN(C1CCCCC1)C1CCCCC1. The van der Waals surface area contributed by atoms with Crippen LogP contribution in [0, 0.1) is 5.82 Å². The summed E-state index contributed by atoms with van der Waals surface area (Å²) < 4.78 is 19.9. The standard InChI is InChI=1S/C30H40FNO3.ClH/c31-24-17-19-30(28(20-24)29(34)18-16-23-10-4-1-5-11-23)35-22-27(33)21-32(25-12-6-2-7-13-25)26-14-8-3-9-15-26;/h1,4-5,10-11,17,19-20,25-27,33H,2-3,6-9,12-16,18,21-22H2;1H. The molecule has 0 heterocycles. The molecule has 2 saturated carbocycles. The summed E-state index contributed by atoms with van der Waals surface area (Å²) in [5.74, 6) is -0.254. The zero-order chi connectivity index (χ0) is 24.5. The largest absolute Gasteiger partial charge is 0.490 e. The van der Waals surface area contributed by atoms with Crippen molar-refractivity contribution in [3.63, 3.8) is 0 Å². The van der Waals surface area contributed by atoms with Crippen molar-refractivity contribution in [1.29, 1.82) is 0 Å². The number of nitrogens with zero attached hydrogens (tertiary/aromatic N) is 1. The molecule has 2 fully saturated rings. The number of halogens is 2. The zero-order valence-electron chi connectivity index (χ0n) is 21.2. The molecule has 0 bridgehead atoms. The molecule has 2 aliphatic rings. The topological polar surface area (TPSA) is 49.8 Å². The summed E-state index contributed by atoms with van der Waals surface area (Å²) >= 11 is 0. The Labute approximate surface area is 221 Å². The van der Waals surface area contributed by atoms with Gasteiger partial charge < -0.3 is 9.84 Å². The number of carbonyl (C=O) groups is 1. The van der Waals surface area contributed by atoms with Crippen LogP contribution >= 0.6 is 12.4 Å². The maximum Gasteiger partial charge on any atom is 0.167 e. The van der Waals surface area contributed by atoms with E-state index >= 15 is 0 Å². The summed E-state index contributed by atoms with van der Waals surface area (Å²) in [7, 11) is 0. The molecule has 0 radical (unpaired) electrons. The second kappa shape index (κ2) is 14.7. The third kappa shape index (κ3) is 8.29. The lowest BCUT2D eigenvalue weighted by molar-refractivity contribution is 0.0116. The Balaban J connectivity index is 0.00000361. The van der Waals surface area contributed by atoms with Crippen LogP contribution in [-0.2, 0) is 6.42 Å². The first-order chi connectivity index (χ1) is 17.1. The molecule has 0 amide bonds. The third-order valence-corrected chi connectivity index (χ3v) is 7.67. The Kier molecular flexibility index (Phi) is 11.7. The number of aliphatic hydroxyl groups is 1. The van der Waals surface area contributed by atoms with Crippen molar-refractivity contribution in [3.05, 3.63) is 65.5 Å². The summed E-state index contributed by atoms with van der Waals surface area (Å²) in [5, 5.41) is 11.0. The van der Waals surface area contributed by atoms with Gasteiger partial charge in [0.05, 0.1) is 5.56 Å². The zero-order valence-corrected chi connectivity index (χ0v) is 22.1. The Morgan fingerprint density at radius 1 is 0.944 bits per heavy atom. The van der Waals surface area contributed by atoms with E-state index < -0.39 is 11.9 Å². The van der Waals surface area contributed by atoms with Gasteiger partial charge in [0.1, 0.15) is 24.3 Å². The number of hydrogen-bond acceptors (Lipinski definition) is 4. The fraction of sp³-hybridized carbons (Fsp3) is 0.567. The number of rotatable bonds is 11. The lowest BCUT2D eigenvalue weighted by Crippen LogP contribution is -2.49. The molecular formula is C30H41ClFNO3. The van der Waals surface area contributed by atoms with Crippen LogP contribution in [0.15, 0.2) is 48.5 Å². The molecule has 2 aliphatic carbocycles. The molecule has 36 heavy (non-hydrogen) atoms. The Morgan fingerprint density at radius 3 is 2.17 bits per heavy atom. The fourth-order valence-corrected chi connectivity index (χ4v) is 5.79. The van der Waals surface area contributed by atoms with Crippen LogP contribution in [0.2, 0.25) is 0 Å². The quantitative estimate of drug-likeness (QED) is 0.334. The van der Waals surface area contributed by atoms with Crippen LogP contribution in [-0.4, -0.2) is 47.1 Å². The summed E-state index contributed by atoms with van der Waals surface area (Å²) in [6, 6.07) is 15.0. The smallest absolute Gasteiger partial charge is 0.167 e. The minimum Gasteiger partial charge on any atom is -0.490 e. The predicted octanol–water partition coefficient (Wildman–Crippen LogP) is 6.77. The molecule has 0 spiro atoms. The average Bonchev–Trinajstić information content (AvgIpc) is 2.91. The molecule has 2 aromatic rings. The van der Waals surface area contributed by atoms with Gasteiger partial charge in [0.25, 0.3) is 0 Å². The van der Waals surface area contributed by atoms with Gasteiger partial charge in [-0.3, -0.25) is 9.69 Å².